The number of aromatic nitrogens is 2. The fourth-order valence-corrected chi connectivity index (χ4v) is 5.09. The zero-order chi connectivity index (χ0) is 22.7. The number of rotatable bonds is 7. The maximum absolute atomic E-state index is 13.1. The number of hydrogen-bond acceptors (Lipinski definition) is 6. The van der Waals surface area contributed by atoms with E-state index < -0.39 is 15.7 Å². The van der Waals surface area contributed by atoms with Crippen LogP contribution in [-0.4, -0.2) is 61.6 Å². The van der Waals surface area contributed by atoms with Crippen LogP contribution in [0, 0.1) is 0 Å². The Hall–Kier alpha value is -2.91. The van der Waals surface area contributed by atoms with Gasteiger partial charge in [0.15, 0.2) is 5.69 Å². The Bertz CT molecular complexity index is 1220. The summed E-state index contributed by atoms with van der Waals surface area (Å²) in [6.45, 7) is 2.26. The van der Waals surface area contributed by atoms with Crippen molar-refractivity contribution < 1.29 is 17.9 Å². The van der Waals surface area contributed by atoms with Gasteiger partial charge in [0.2, 0.25) is 15.0 Å². The van der Waals surface area contributed by atoms with E-state index in [9.17, 15) is 13.2 Å². The summed E-state index contributed by atoms with van der Waals surface area (Å²) in [6.07, 6.45) is 6.12. The van der Waals surface area contributed by atoms with Crippen LogP contribution in [0.25, 0.3) is 5.52 Å². The molecule has 1 aromatic carbocycles. The van der Waals surface area contributed by atoms with Crippen molar-refractivity contribution in [1.29, 1.82) is 0 Å². The summed E-state index contributed by atoms with van der Waals surface area (Å²) in [7, 11) is -1.95. The highest BCUT2D eigenvalue weighted by Gasteiger charge is 2.27. The van der Waals surface area contributed by atoms with Crippen LogP contribution in [-0.2, 0) is 9.84 Å². The summed E-state index contributed by atoms with van der Waals surface area (Å²) in [6, 6.07) is 12.9. The monoisotopic (exact) mass is 456 g/mol. The number of methoxy groups -OCH3 is 1. The van der Waals surface area contributed by atoms with Gasteiger partial charge in [0, 0.05) is 24.6 Å². The fourth-order valence-electron chi connectivity index (χ4n) is 4.32. The molecule has 1 saturated heterocycles. The minimum Gasteiger partial charge on any atom is -0.496 e. The third kappa shape index (κ3) is 4.49. The number of para-hydroxylation sites is 1. The molecule has 0 bridgehead atoms. The second-order valence-electron chi connectivity index (χ2n) is 8.04. The maximum atomic E-state index is 13.1. The normalized spacial score (nSPS) is 16.1. The van der Waals surface area contributed by atoms with Crippen molar-refractivity contribution in [3.8, 4) is 5.75 Å². The molecule has 1 amide bonds. The number of nitrogens with zero attached hydrogens (tertiary/aromatic N) is 3. The van der Waals surface area contributed by atoms with Crippen LogP contribution in [0.15, 0.2) is 53.8 Å². The number of imidazole rings is 1. The number of pyridine rings is 1. The van der Waals surface area contributed by atoms with Gasteiger partial charge in [0.25, 0.3) is 5.91 Å². The molecule has 1 fully saturated rings. The smallest absolute Gasteiger partial charge is 0.272 e. The van der Waals surface area contributed by atoms with Gasteiger partial charge in [0.1, 0.15) is 5.75 Å². The van der Waals surface area contributed by atoms with Crippen molar-refractivity contribution in [2.75, 3.05) is 33.0 Å². The van der Waals surface area contributed by atoms with Crippen LogP contribution in [0.5, 0.6) is 5.75 Å². The number of benzene rings is 1. The standard InChI is InChI=1S/C23H28N4O4S/c1-31-20-12-5-4-10-17(20)19(26-13-7-3-8-14-26)16-24-22(28)21-18-11-6-9-15-27(18)23(25-21)32(2,29)30/h4-6,9-12,15,19H,3,7-8,13-14,16H2,1-2H3,(H,24,28). The fraction of sp³-hybridized carbons (Fsp3) is 0.391. The highest BCUT2D eigenvalue weighted by atomic mass is 32.2. The number of carbonyl (C=O) groups excluding carboxylic acids is 1. The van der Waals surface area contributed by atoms with Crippen molar-refractivity contribution in [3.05, 3.63) is 59.9 Å². The first-order valence-corrected chi connectivity index (χ1v) is 12.6. The molecular formula is C23H28N4O4S. The van der Waals surface area contributed by atoms with Crippen molar-refractivity contribution in [3.63, 3.8) is 0 Å². The molecule has 0 spiro atoms. The van der Waals surface area contributed by atoms with Crippen LogP contribution < -0.4 is 10.1 Å². The molecule has 170 valence electrons. The summed E-state index contributed by atoms with van der Waals surface area (Å²) in [4.78, 5) is 19.7. The molecule has 0 radical (unpaired) electrons. The number of amides is 1. The van der Waals surface area contributed by atoms with Crippen LogP contribution in [0.1, 0.15) is 41.4 Å². The molecule has 1 atom stereocenters. The van der Waals surface area contributed by atoms with Crippen molar-refractivity contribution in [1.82, 2.24) is 19.6 Å². The van der Waals surface area contributed by atoms with Crippen LogP contribution in [0.2, 0.25) is 0 Å². The molecule has 8 nitrogen and oxygen atoms in total. The largest absolute Gasteiger partial charge is 0.496 e. The Morgan fingerprint density at radius 3 is 2.56 bits per heavy atom. The third-order valence-corrected chi connectivity index (χ3v) is 6.80. The van der Waals surface area contributed by atoms with E-state index in [0.717, 1.165) is 43.5 Å². The first-order chi connectivity index (χ1) is 15.4. The lowest BCUT2D eigenvalue weighted by molar-refractivity contribution is 0.0920. The first kappa shape index (κ1) is 22.3. The highest BCUT2D eigenvalue weighted by Crippen LogP contribution is 2.31. The Morgan fingerprint density at radius 2 is 1.84 bits per heavy atom. The zero-order valence-corrected chi connectivity index (χ0v) is 19.1. The number of piperidine rings is 1. The zero-order valence-electron chi connectivity index (χ0n) is 18.3. The summed E-state index contributed by atoms with van der Waals surface area (Å²) < 4.78 is 31.4. The topological polar surface area (TPSA) is 93.0 Å². The molecule has 3 heterocycles. The predicted molar refractivity (Wildman–Crippen MR) is 122 cm³/mol. The number of fused-ring (bicyclic) bond motifs is 1. The van der Waals surface area contributed by atoms with Gasteiger partial charge in [-0.05, 0) is 44.1 Å². The minimum atomic E-state index is -3.60. The van der Waals surface area contributed by atoms with E-state index in [1.54, 1.807) is 31.5 Å². The first-order valence-electron chi connectivity index (χ1n) is 10.7. The average Bonchev–Trinajstić information content (AvgIpc) is 3.20. The van der Waals surface area contributed by atoms with Crippen molar-refractivity contribution in [2.45, 2.75) is 30.5 Å². The Morgan fingerprint density at radius 1 is 1.12 bits per heavy atom. The molecule has 3 aromatic rings. The molecule has 9 heteroatoms. The molecule has 4 rings (SSSR count). The van der Waals surface area contributed by atoms with Gasteiger partial charge in [-0.2, -0.15) is 0 Å². The van der Waals surface area contributed by atoms with E-state index >= 15 is 0 Å². The second kappa shape index (κ2) is 9.30. The Labute approximate surface area is 188 Å². The van der Waals surface area contributed by atoms with E-state index in [-0.39, 0.29) is 16.9 Å². The predicted octanol–water partition coefficient (Wildman–Crippen LogP) is 2.70. The molecule has 0 aliphatic carbocycles. The number of likely N-dealkylation sites (tertiary alicyclic amines) is 1. The van der Waals surface area contributed by atoms with Crippen LogP contribution >= 0.6 is 0 Å². The molecule has 1 unspecified atom stereocenters. The van der Waals surface area contributed by atoms with Gasteiger partial charge < -0.3 is 10.1 Å². The lowest BCUT2D eigenvalue weighted by Gasteiger charge is -2.35. The summed E-state index contributed by atoms with van der Waals surface area (Å²) in [5.74, 6) is 0.379. The number of hydrogen-bond donors (Lipinski definition) is 1. The summed E-state index contributed by atoms with van der Waals surface area (Å²) >= 11 is 0. The quantitative estimate of drug-likeness (QED) is 0.588. The molecule has 1 aliphatic heterocycles. The van der Waals surface area contributed by atoms with Crippen LogP contribution in [0.4, 0.5) is 0 Å². The molecule has 0 saturated carbocycles. The lowest BCUT2D eigenvalue weighted by atomic mass is 10.0. The van der Waals surface area contributed by atoms with Gasteiger partial charge in [-0.3, -0.25) is 14.1 Å². The Balaban J connectivity index is 1.63. The lowest BCUT2D eigenvalue weighted by Crippen LogP contribution is -2.41. The number of sulfone groups is 1. The van der Waals surface area contributed by atoms with Gasteiger partial charge in [-0.25, -0.2) is 13.4 Å². The third-order valence-electron chi connectivity index (χ3n) is 5.85. The van der Waals surface area contributed by atoms with Gasteiger partial charge in [-0.1, -0.05) is 30.7 Å². The SMILES string of the molecule is COc1ccccc1C(CNC(=O)c1nc(S(C)(=O)=O)n2ccccc12)N1CCCCC1. The van der Waals surface area contributed by atoms with Gasteiger partial charge in [-0.15, -0.1) is 0 Å². The molecule has 1 aliphatic rings. The van der Waals surface area contributed by atoms with E-state index in [1.165, 1.54) is 10.8 Å². The average molecular weight is 457 g/mol. The Kier molecular flexibility index (Phi) is 6.48. The molecule has 1 N–H and O–H groups in total. The molecule has 32 heavy (non-hydrogen) atoms. The molecule has 2 aromatic heterocycles. The number of nitrogens with one attached hydrogen (secondary N) is 1. The van der Waals surface area contributed by atoms with E-state index in [1.807, 2.05) is 24.3 Å². The maximum Gasteiger partial charge on any atom is 0.272 e. The summed E-state index contributed by atoms with van der Waals surface area (Å²) in [5, 5.41) is 2.85. The second-order valence-corrected chi connectivity index (χ2v) is 9.94. The number of carbonyl (C=O) groups is 1. The van der Waals surface area contributed by atoms with Gasteiger partial charge >= 0.3 is 0 Å². The van der Waals surface area contributed by atoms with E-state index in [2.05, 4.69) is 15.2 Å². The van der Waals surface area contributed by atoms with Crippen molar-refractivity contribution >= 4 is 21.3 Å². The number of ether oxygens (including phenoxy) is 1. The minimum absolute atomic E-state index is 0.0568. The summed E-state index contributed by atoms with van der Waals surface area (Å²) in [5.41, 5.74) is 1.57. The molecular weight excluding hydrogens is 428 g/mol. The van der Waals surface area contributed by atoms with Crippen molar-refractivity contribution in [2.24, 2.45) is 0 Å². The highest BCUT2D eigenvalue weighted by molar-refractivity contribution is 7.90. The van der Waals surface area contributed by atoms with Gasteiger partial charge in [0.05, 0.1) is 18.7 Å². The van der Waals surface area contributed by atoms with E-state index in [0.29, 0.717) is 12.1 Å². The van der Waals surface area contributed by atoms with E-state index in [4.69, 9.17) is 4.74 Å². The van der Waals surface area contributed by atoms with Crippen LogP contribution in [0.3, 0.4) is 0 Å².